The Kier molecular flexibility index (Phi) is 3.86. The maximum atomic E-state index is 12.5. The monoisotopic (exact) mass is 351 g/mol. The minimum Gasteiger partial charge on any atom is -0.388 e. The van der Waals surface area contributed by atoms with Crippen molar-refractivity contribution in [2.24, 2.45) is 0 Å². The van der Waals surface area contributed by atoms with Crippen LogP contribution in [0.5, 0.6) is 0 Å². The highest BCUT2D eigenvalue weighted by Crippen LogP contribution is 2.23. The van der Waals surface area contributed by atoms with E-state index in [1.165, 1.54) is 10.9 Å². The van der Waals surface area contributed by atoms with Crippen molar-refractivity contribution in [1.82, 2.24) is 14.5 Å². The molecule has 1 N–H and O–H groups in total. The zero-order valence-electron chi connectivity index (χ0n) is 11.9. The van der Waals surface area contributed by atoms with Crippen LogP contribution in [0.4, 0.5) is 0 Å². The van der Waals surface area contributed by atoms with Crippen LogP contribution in [0, 0.1) is 0 Å². The van der Waals surface area contributed by atoms with Gasteiger partial charge in [-0.05, 0) is 38.1 Å². The lowest BCUT2D eigenvalue weighted by molar-refractivity contribution is -0.0298. The lowest BCUT2D eigenvalue weighted by Crippen LogP contribution is -2.46. The van der Waals surface area contributed by atoms with Crippen molar-refractivity contribution < 1.29 is 5.11 Å². The molecule has 0 amide bonds. The molecule has 2 aromatic rings. The number of benzene rings is 1. The molecule has 3 rings (SSSR count). The standard InChI is InChI=1S/C15H18BrN3O2/c1-18-6-4-15(21,5-7-18)9-19-10-17-13-8-11(16)2-3-12(13)14(19)20/h2-3,8,10,21H,4-7,9H2,1H3. The molecule has 0 unspecified atom stereocenters. The van der Waals surface area contributed by atoms with Gasteiger partial charge < -0.3 is 10.0 Å². The summed E-state index contributed by atoms with van der Waals surface area (Å²) in [7, 11) is 2.04. The van der Waals surface area contributed by atoms with Gasteiger partial charge in [-0.25, -0.2) is 4.98 Å². The van der Waals surface area contributed by atoms with Crippen LogP contribution in [0.25, 0.3) is 10.9 Å². The highest BCUT2D eigenvalue weighted by molar-refractivity contribution is 9.10. The third kappa shape index (κ3) is 3.02. The van der Waals surface area contributed by atoms with E-state index in [2.05, 4.69) is 25.8 Å². The number of aliphatic hydroxyl groups is 1. The molecule has 1 aromatic carbocycles. The zero-order chi connectivity index (χ0) is 15.0. The molecule has 0 atom stereocenters. The van der Waals surface area contributed by atoms with Crippen molar-refractivity contribution in [3.05, 3.63) is 39.4 Å². The summed E-state index contributed by atoms with van der Waals surface area (Å²) in [5.74, 6) is 0. The number of fused-ring (bicyclic) bond motifs is 1. The molecule has 1 aliphatic rings. The first-order chi connectivity index (χ1) is 9.97. The van der Waals surface area contributed by atoms with Gasteiger partial charge in [0, 0.05) is 17.6 Å². The highest BCUT2D eigenvalue weighted by atomic mass is 79.9. The predicted octanol–water partition coefficient (Wildman–Crippen LogP) is 1.62. The molecule has 112 valence electrons. The molecule has 1 aromatic heterocycles. The first-order valence-electron chi connectivity index (χ1n) is 7.02. The van der Waals surface area contributed by atoms with Crippen LogP contribution in [-0.2, 0) is 6.54 Å². The smallest absolute Gasteiger partial charge is 0.261 e. The molecule has 0 aliphatic carbocycles. The van der Waals surface area contributed by atoms with Crippen LogP contribution in [0.3, 0.4) is 0 Å². The summed E-state index contributed by atoms with van der Waals surface area (Å²) in [5, 5.41) is 11.2. The van der Waals surface area contributed by atoms with Crippen LogP contribution in [-0.4, -0.2) is 45.3 Å². The van der Waals surface area contributed by atoms with E-state index in [0.717, 1.165) is 17.6 Å². The molecule has 0 saturated carbocycles. The molecule has 0 spiro atoms. The van der Waals surface area contributed by atoms with Crippen molar-refractivity contribution in [2.45, 2.75) is 25.0 Å². The Morgan fingerprint density at radius 2 is 2.10 bits per heavy atom. The number of aromatic nitrogens is 2. The summed E-state index contributed by atoms with van der Waals surface area (Å²) in [6.07, 6.45) is 2.88. The van der Waals surface area contributed by atoms with Gasteiger partial charge >= 0.3 is 0 Å². The van der Waals surface area contributed by atoms with Crippen LogP contribution < -0.4 is 5.56 Å². The second-order valence-electron chi connectivity index (χ2n) is 5.87. The lowest BCUT2D eigenvalue weighted by Gasteiger charge is -2.36. The Bertz CT molecular complexity index is 720. The van der Waals surface area contributed by atoms with Crippen LogP contribution in [0.15, 0.2) is 33.8 Å². The second kappa shape index (κ2) is 5.51. The molecule has 1 fully saturated rings. The molecule has 5 nitrogen and oxygen atoms in total. The minimum absolute atomic E-state index is 0.0974. The summed E-state index contributed by atoms with van der Waals surface area (Å²) in [6, 6.07) is 5.43. The quantitative estimate of drug-likeness (QED) is 0.892. The van der Waals surface area contributed by atoms with Crippen molar-refractivity contribution in [1.29, 1.82) is 0 Å². The number of likely N-dealkylation sites (tertiary alicyclic amines) is 1. The molecule has 1 aliphatic heterocycles. The molecule has 0 radical (unpaired) electrons. The molecule has 0 bridgehead atoms. The minimum atomic E-state index is -0.818. The molecule has 2 heterocycles. The molecule has 6 heteroatoms. The van der Waals surface area contributed by atoms with Gasteiger partial charge in [-0.3, -0.25) is 9.36 Å². The van der Waals surface area contributed by atoms with E-state index in [1.54, 1.807) is 6.07 Å². The number of halogens is 1. The second-order valence-corrected chi connectivity index (χ2v) is 6.78. The number of piperidine rings is 1. The Hall–Kier alpha value is -1.24. The summed E-state index contributed by atoms with van der Waals surface area (Å²) in [5.41, 5.74) is -0.248. The Morgan fingerprint density at radius 1 is 1.38 bits per heavy atom. The van der Waals surface area contributed by atoms with Crippen LogP contribution in [0.1, 0.15) is 12.8 Å². The zero-order valence-corrected chi connectivity index (χ0v) is 13.5. The van der Waals surface area contributed by atoms with Gasteiger partial charge in [0.1, 0.15) is 0 Å². The third-order valence-electron chi connectivity index (χ3n) is 4.17. The van der Waals surface area contributed by atoms with Crippen LogP contribution in [0.2, 0.25) is 0 Å². The van der Waals surface area contributed by atoms with E-state index in [0.29, 0.717) is 30.3 Å². The Balaban J connectivity index is 1.93. The molecular weight excluding hydrogens is 334 g/mol. The average Bonchev–Trinajstić information content (AvgIpc) is 2.46. The SMILES string of the molecule is CN1CCC(O)(Cn2cnc3cc(Br)ccc3c2=O)CC1. The normalized spacial score (nSPS) is 19.0. The molecule has 21 heavy (non-hydrogen) atoms. The predicted molar refractivity (Wildman–Crippen MR) is 85.4 cm³/mol. The van der Waals surface area contributed by atoms with Gasteiger partial charge in [-0.1, -0.05) is 15.9 Å². The van der Waals surface area contributed by atoms with E-state index in [1.807, 2.05) is 19.2 Å². The fourth-order valence-electron chi connectivity index (χ4n) is 2.75. The summed E-state index contributed by atoms with van der Waals surface area (Å²) in [4.78, 5) is 19.0. The summed E-state index contributed by atoms with van der Waals surface area (Å²) >= 11 is 3.38. The van der Waals surface area contributed by atoms with Crippen molar-refractivity contribution in [3.8, 4) is 0 Å². The first-order valence-corrected chi connectivity index (χ1v) is 7.82. The molecular formula is C15H18BrN3O2. The van der Waals surface area contributed by atoms with Crippen molar-refractivity contribution in [2.75, 3.05) is 20.1 Å². The van der Waals surface area contributed by atoms with Crippen molar-refractivity contribution in [3.63, 3.8) is 0 Å². The fourth-order valence-corrected chi connectivity index (χ4v) is 3.10. The largest absolute Gasteiger partial charge is 0.388 e. The maximum Gasteiger partial charge on any atom is 0.261 e. The van der Waals surface area contributed by atoms with E-state index in [-0.39, 0.29) is 5.56 Å². The maximum absolute atomic E-state index is 12.5. The lowest BCUT2D eigenvalue weighted by atomic mass is 9.91. The van der Waals surface area contributed by atoms with Gasteiger partial charge in [0.15, 0.2) is 0 Å². The fraction of sp³-hybridized carbons (Fsp3) is 0.467. The number of nitrogens with zero attached hydrogens (tertiary/aromatic N) is 3. The number of hydrogen-bond donors (Lipinski definition) is 1. The van der Waals surface area contributed by atoms with Gasteiger partial charge in [0.2, 0.25) is 0 Å². The van der Waals surface area contributed by atoms with Gasteiger partial charge in [0.25, 0.3) is 5.56 Å². The number of hydrogen-bond acceptors (Lipinski definition) is 4. The number of rotatable bonds is 2. The van der Waals surface area contributed by atoms with E-state index in [9.17, 15) is 9.90 Å². The van der Waals surface area contributed by atoms with Gasteiger partial charge in [0.05, 0.1) is 29.4 Å². The van der Waals surface area contributed by atoms with Gasteiger partial charge in [-0.2, -0.15) is 0 Å². The highest BCUT2D eigenvalue weighted by Gasteiger charge is 2.31. The van der Waals surface area contributed by atoms with Crippen LogP contribution >= 0.6 is 15.9 Å². The van der Waals surface area contributed by atoms with E-state index >= 15 is 0 Å². The Morgan fingerprint density at radius 3 is 2.81 bits per heavy atom. The van der Waals surface area contributed by atoms with E-state index < -0.39 is 5.60 Å². The van der Waals surface area contributed by atoms with Crippen molar-refractivity contribution >= 4 is 26.8 Å². The average molecular weight is 352 g/mol. The third-order valence-corrected chi connectivity index (χ3v) is 4.66. The van der Waals surface area contributed by atoms with Gasteiger partial charge in [-0.15, -0.1) is 0 Å². The first kappa shape index (κ1) is 14.7. The summed E-state index contributed by atoms with van der Waals surface area (Å²) in [6.45, 7) is 2.00. The topological polar surface area (TPSA) is 58.4 Å². The van der Waals surface area contributed by atoms with E-state index in [4.69, 9.17) is 0 Å². The molecule has 1 saturated heterocycles. The Labute approximate surface area is 131 Å². The summed E-state index contributed by atoms with van der Waals surface area (Å²) < 4.78 is 2.43.